The Bertz CT molecular complexity index is 1390. The zero-order chi connectivity index (χ0) is 21.8. The second-order valence-electron chi connectivity index (χ2n) is 7.38. The minimum absolute atomic E-state index is 0.158. The smallest absolute Gasteiger partial charge is 0.335 e. The Morgan fingerprint density at radius 3 is 2.58 bits per heavy atom. The molecule has 0 atom stereocenters. The number of aryl methyl sites for hydroxylation is 1. The summed E-state index contributed by atoms with van der Waals surface area (Å²) < 4.78 is 1.52. The van der Waals surface area contributed by atoms with Crippen molar-refractivity contribution in [3.8, 4) is 11.8 Å². The van der Waals surface area contributed by atoms with E-state index >= 15 is 0 Å². The van der Waals surface area contributed by atoms with Gasteiger partial charge in [-0.05, 0) is 48.4 Å². The van der Waals surface area contributed by atoms with Crippen LogP contribution in [0, 0.1) is 18.8 Å². The summed E-state index contributed by atoms with van der Waals surface area (Å²) in [5.41, 5.74) is 4.62. The number of aromatic carboxylic acids is 1. The number of rotatable bonds is 4. The van der Waals surface area contributed by atoms with Crippen LogP contribution in [0.3, 0.4) is 0 Å². The van der Waals surface area contributed by atoms with E-state index in [2.05, 4.69) is 35.9 Å². The van der Waals surface area contributed by atoms with Crippen molar-refractivity contribution in [1.82, 2.24) is 9.55 Å². The Balaban J connectivity index is 1.59. The van der Waals surface area contributed by atoms with Crippen LogP contribution in [0.1, 0.15) is 32.6 Å². The topological polar surface area (TPSA) is 72.2 Å². The number of carbonyl (C=O) groups is 1. The van der Waals surface area contributed by atoms with Crippen LogP contribution in [0.25, 0.3) is 10.9 Å². The minimum atomic E-state index is -0.980. The van der Waals surface area contributed by atoms with Crippen molar-refractivity contribution in [2.75, 3.05) is 0 Å². The molecule has 0 amide bonds. The molecule has 0 spiro atoms. The normalized spacial score (nSPS) is 10.5. The van der Waals surface area contributed by atoms with Gasteiger partial charge in [0.15, 0.2) is 0 Å². The molecule has 0 aliphatic heterocycles. The fourth-order valence-electron chi connectivity index (χ4n) is 3.37. The third-order valence-corrected chi connectivity index (χ3v) is 4.99. The van der Waals surface area contributed by atoms with Crippen LogP contribution in [0.15, 0.2) is 77.9 Å². The summed E-state index contributed by atoms with van der Waals surface area (Å²) in [5.74, 6) is 5.33. The summed E-state index contributed by atoms with van der Waals surface area (Å²) in [5, 5.41) is 9.52. The Morgan fingerprint density at radius 1 is 1.03 bits per heavy atom. The van der Waals surface area contributed by atoms with Gasteiger partial charge in [0.2, 0.25) is 0 Å². The highest BCUT2D eigenvalue weighted by Gasteiger charge is 2.07. The van der Waals surface area contributed by atoms with E-state index in [9.17, 15) is 9.59 Å². The first-order valence-corrected chi connectivity index (χ1v) is 9.85. The number of benzene rings is 3. The van der Waals surface area contributed by atoms with E-state index in [1.807, 2.05) is 18.2 Å². The van der Waals surface area contributed by atoms with E-state index in [1.165, 1.54) is 28.6 Å². The van der Waals surface area contributed by atoms with Crippen LogP contribution in [0.2, 0.25) is 0 Å². The first kappa shape index (κ1) is 20.1. The third kappa shape index (κ3) is 4.71. The molecule has 0 aliphatic rings. The van der Waals surface area contributed by atoms with Gasteiger partial charge in [0, 0.05) is 12.0 Å². The van der Waals surface area contributed by atoms with E-state index in [4.69, 9.17) is 5.11 Å². The highest BCUT2D eigenvalue weighted by atomic mass is 16.4. The summed E-state index contributed by atoms with van der Waals surface area (Å²) in [7, 11) is 0. The molecule has 1 aromatic heterocycles. The van der Waals surface area contributed by atoms with E-state index in [1.54, 1.807) is 24.3 Å². The summed E-state index contributed by atoms with van der Waals surface area (Å²) in [4.78, 5) is 28.4. The molecule has 4 rings (SSSR count). The number of nitrogens with zero attached hydrogens (tertiary/aromatic N) is 2. The predicted molar refractivity (Wildman–Crippen MR) is 120 cm³/mol. The molecule has 0 bridgehead atoms. The third-order valence-electron chi connectivity index (χ3n) is 4.99. The maximum Gasteiger partial charge on any atom is 0.335 e. The van der Waals surface area contributed by atoms with Crippen LogP contribution < -0.4 is 5.56 Å². The van der Waals surface area contributed by atoms with Crippen molar-refractivity contribution in [3.05, 3.63) is 111 Å². The Morgan fingerprint density at radius 2 is 1.84 bits per heavy atom. The molecule has 0 unspecified atom stereocenters. The maximum absolute atomic E-state index is 13.0. The zero-order valence-electron chi connectivity index (χ0n) is 17.0. The quantitative estimate of drug-likeness (QED) is 0.517. The molecule has 5 nitrogen and oxygen atoms in total. The second-order valence-corrected chi connectivity index (χ2v) is 7.38. The van der Waals surface area contributed by atoms with E-state index in [0.29, 0.717) is 23.9 Å². The molecule has 5 heteroatoms. The molecule has 4 aromatic rings. The van der Waals surface area contributed by atoms with Gasteiger partial charge in [-0.3, -0.25) is 9.36 Å². The van der Waals surface area contributed by atoms with Gasteiger partial charge in [-0.15, -0.1) is 0 Å². The van der Waals surface area contributed by atoms with Gasteiger partial charge in [-0.2, -0.15) is 0 Å². The molecule has 0 saturated heterocycles. The zero-order valence-corrected chi connectivity index (χ0v) is 17.0. The van der Waals surface area contributed by atoms with Crippen molar-refractivity contribution in [1.29, 1.82) is 0 Å². The number of hydrogen-bond donors (Lipinski definition) is 1. The minimum Gasteiger partial charge on any atom is -0.478 e. The lowest BCUT2D eigenvalue weighted by Gasteiger charge is -2.07. The fraction of sp³-hybridized carbons (Fsp3) is 0.115. The molecule has 0 aliphatic carbocycles. The highest BCUT2D eigenvalue weighted by molar-refractivity contribution is 5.87. The van der Waals surface area contributed by atoms with Crippen molar-refractivity contribution in [2.45, 2.75) is 19.9 Å². The average molecular weight is 408 g/mol. The van der Waals surface area contributed by atoms with Crippen LogP contribution in [-0.4, -0.2) is 20.6 Å². The summed E-state index contributed by atoms with van der Waals surface area (Å²) in [6.45, 7) is 2.36. The van der Waals surface area contributed by atoms with Crippen molar-refractivity contribution in [3.63, 3.8) is 0 Å². The van der Waals surface area contributed by atoms with Crippen molar-refractivity contribution < 1.29 is 9.90 Å². The SMILES string of the molecule is Cc1cccc(CC#Cc2ccc3ncn(Cc4ccc(C(=O)O)cc4)c(=O)c3c2)c1. The van der Waals surface area contributed by atoms with Gasteiger partial charge in [0.1, 0.15) is 0 Å². The first-order chi connectivity index (χ1) is 15.0. The average Bonchev–Trinajstić information content (AvgIpc) is 2.76. The fourth-order valence-corrected chi connectivity index (χ4v) is 3.37. The van der Waals surface area contributed by atoms with Crippen molar-refractivity contribution >= 4 is 16.9 Å². The number of hydrogen-bond acceptors (Lipinski definition) is 3. The standard InChI is InChI=1S/C26H20N2O3/c1-18-4-2-5-19(14-18)6-3-7-20-10-13-24-23(15-20)25(29)28(17-27-24)16-21-8-11-22(12-9-21)26(30)31/h2,4-5,8-15,17H,6,16H2,1H3,(H,30,31). The van der Waals surface area contributed by atoms with Crippen LogP contribution in [-0.2, 0) is 13.0 Å². The lowest BCUT2D eigenvalue weighted by atomic mass is 10.1. The molecule has 1 N–H and O–H groups in total. The van der Waals surface area contributed by atoms with Gasteiger partial charge in [0.25, 0.3) is 5.56 Å². The van der Waals surface area contributed by atoms with Crippen LogP contribution >= 0.6 is 0 Å². The number of carboxylic acid groups (broad SMARTS) is 1. The largest absolute Gasteiger partial charge is 0.478 e. The Labute approximate surface area is 179 Å². The predicted octanol–water partition coefficient (Wildman–Crippen LogP) is 4.05. The van der Waals surface area contributed by atoms with E-state index in [0.717, 1.165) is 16.7 Å². The molecular weight excluding hydrogens is 388 g/mol. The van der Waals surface area contributed by atoms with Crippen molar-refractivity contribution in [2.24, 2.45) is 0 Å². The van der Waals surface area contributed by atoms with E-state index < -0.39 is 5.97 Å². The molecule has 0 radical (unpaired) electrons. The Hall–Kier alpha value is -4.17. The molecule has 0 saturated carbocycles. The number of aromatic nitrogens is 2. The van der Waals surface area contributed by atoms with Gasteiger partial charge in [0.05, 0.1) is 29.3 Å². The maximum atomic E-state index is 13.0. The van der Waals surface area contributed by atoms with Gasteiger partial charge >= 0.3 is 5.97 Å². The lowest BCUT2D eigenvalue weighted by molar-refractivity contribution is 0.0697. The molecule has 152 valence electrons. The summed E-state index contributed by atoms with van der Waals surface area (Å²) in [6, 6.07) is 20.1. The highest BCUT2D eigenvalue weighted by Crippen LogP contribution is 2.11. The number of fused-ring (bicyclic) bond motifs is 1. The molecule has 0 fully saturated rings. The first-order valence-electron chi connectivity index (χ1n) is 9.85. The molecule has 31 heavy (non-hydrogen) atoms. The van der Waals surface area contributed by atoms with Crippen LogP contribution in [0.4, 0.5) is 0 Å². The molecular formula is C26H20N2O3. The summed E-state index contributed by atoms with van der Waals surface area (Å²) in [6.07, 6.45) is 2.15. The van der Waals surface area contributed by atoms with Gasteiger partial charge in [-0.25, -0.2) is 9.78 Å². The van der Waals surface area contributed by atoms with E-state index in [-0.39, 0.29) is 11.1 Å². The number of carboxylic acids is 1. The van der Waals surface area contributed by atoms with Gasteiger partial charge in [-0.1, -0.05) is 53.8 Å². The Kier molecular flexibility index (Phi) is 5.63. The second kappa shape index (κ2) is 8.68. The lowest BCUT2D eigenvalue weighted by Crippen LogP contribution is -2.21. The van der Waals surface area contributed by atoms with Gasteiger partial charge < -0.3 is 5.11 Å². The molecule has 1 heterocycles. The summed E-state index contributed by atoms with van der Waals surface area (Å²) >= 11 is 0. The van der Waals surface area contributed by atoms with Crippen LogP contribution in [0.5, 0.6) is 0 Å². The molecule has 3 aromatic carbocycles. The monoisotopic (exact) mass is 408 g/mol.